The molecule has 26 heavy (non-hydrogen) atoms. The molecule has 1 fully saturated rings. The van der Waals surface area contributed by atoms with Crippen LogP contribution in [0.2, 0.25) is 0 Å². The van der Waals surface area contributed by atoms with Gasteiger partial charge in [-0.1, -0.05) is 11.2 Å². The maximum atomic E-state index is 5.34. The molecule has 0 aliphatic carbocycles. The molecule has 1 aliphatic rings. The first-order chi connectivity index (χ1) is 12.5. The number of aromatic amines is 1. The first-order valence-corrected chi connectivity index (χ1v) is 9.39. The zero-order chi connectivity index (χ0) is 18.3. The number of nitrogens with one attached hydrogen (secondary N) is 1. The van der Waals surface area contributed by atoms with Crippen LogP contribution in [0.25, 0.3) is 22.0 Å². The quantitative estimate of drug-likeness (QED) is 0.779. The highest BCUT2D eigenvalue weighted by Crippen LogP contribution is 2.30. The molecule has 1 saturated heterocycles. The Morgan fingerprint density at radius 2 is 1.92 bits per heavy atom. The standard InChI is InChI=1S/C20H27N5O/c1-13(2)25-9-7-24(8-10-25)12-19-17-11-16(5-6-18(17)21-22-19)20-14(3)23-26-15(20)4/h5-6,11,13H,7-10,12H2,1-4H3,(H,21,22). The lowest BCUT2D eigenvalue weighted by Gasteiger charge is -2.36. The average molecular weight is 353 g/mol. The molecule has 6 nitrogen and oxygen atoms in total. The SMILES string of the molecule is Cc1noc(C)c1-c1ccc2n[nH]c(CN3CCN(C(C)C)CC3)c2c1. The van der Waals surface area contributed by atoms with Gasteiger partial charge in [0, 0.05) is 49.7 Å². The maximum Gasteiger partial charge on any atom is 0.141 e. The molecule has 0 bridgehead atoms. The monoisotopic (exact) mass is 353 g/mol. The Balaban J connectivity index is 1.58. The fourth-order valence-corrected chi connectivity index (χ4v) is 3.90. The van der Waals surface area contributed by atoms with Crippen molar-refractivity contribution in [1.82, 2.24) is 25.2 Å². The number of H-pyrrole nitrogens is 1. The van der Waals surface area contributed by atoms with E-state index >= 15 is 0 Å². The van der Waals surface area contributed by atoms with Crippen molar-refractivity contribution in [2.75, 3.05) is 26.2 Å². The van der Waals surface area contributed by atoms with Crippen molar-refractivity contribution in [3.8, 4) is 11.1 Å². The Bertz CT molecular complexity index is 883. The minimum Gasteiger partial charge on any atom is -0.361 e. The summed E-state index contributed by atoms with van der Waals surface area (Å²) in [6.07, 6.45) is 0. The van der Waals surface area contributed by atoms with Crippen LogP contribution in [0.3, 0.4) is 0 Å². The maximum absolute atomic E-state index is 5.34. The van der Waals surface area contributed by atoms with E-state index in [4.69, 9.17) is 4.52 Å². The van der Waals surface area contributed by atoms with E-state index in [-0.39, 0.29) is 0 Å². The molecule has 0 spiro atoms. The summed E-state index contributed by atoms with van der Waals surface area (Å²) >= 11 is 0. The van der Waals surface area contributed by atoms with Gasteiger partial charge in [-0.25, -0.2) is 0 Å². The molecule has 6 heteroatoms. The number of piperazine rings is 1. The lowest BCUT2D eigenvalue weighted by Crippen LogP contribution is -2.48. The van der Waals surface area contributed by atoms with Gasteiger partial charge in [0.05, 0.1) is 16.9 Å². The summed E-state index contributed by atoms with van der Waals surface area (Å²) in [7, 11) is 0. The van der Waals surface area contributed by atoms with Gasteiger partial charge in [0.15, 0.2) is 0 Å². The largest absolute Gasteiger partial charge is 0.361 e. The predicted octanol–water partition coefficient (Wildman–Crippen LogP) is 3.36. The Kier molecular flexibility index (Phi) is 4.54. The number of rotatable bonds is 4. The second kappa shape index (κ2) is 6.85. The number of nitrogens with zero attached hydrogens (tertiary/aromatic N) is 4. The first kappa shape index (κ1) is 17.2. The summed E-state index contributed by atoms with van der Waals surface area (Å²) < 4.78 is 5.34. The van der Waals surface area contributed by atoms with Gasteiger partial charge in [0.1, 0.15) is 5.76 Å². The van der Waals surface area contributed by atoms with Crippen molar-refractivity contribution in [3.63, 3.8) is 0 Å². The molecule has 3 heterocycles. The summed E-state index contributed by atoms with van der Waals surface area (Å²) in [6, 6.07) is 7.02. The van der Waals surface area contributed by atoms with E-state index in [1.807, 2.05) is 13.8 Å². The molecule has 0 unspecified atom stereocenters. The van der Waals surface area contributed by atoms with Gasteiger partial charge in [-0.2, -0.15) is 5.10 Å². The van der Waals surface area contributed by atoms with Gasteiger partial charge in [-0.15, -0.1) is 0 Å². The van der Waals surface area contributed by atoms with Crippen LogP contribution in [0.1, 0.15) is 31.0 Å². The van der Waals surface area contributed by atoms with Crippen LogP contribution < -0.4 is 0 Å². The molecule has 0 amide bonds. The number of aryl methyl sites for hydroxylation is 2. The highest BCUT2D eigenvalue weighted by molar-refractivity contribution is 5.87. The van der Waals surface area contributed by atoms with Gasteiger partial charge in [0.2, 0.25) is 0 Å². The topological polar surface area (TPSA) is 61.2 Å². The highest BCUT2D eigenvalue weighted by Gasteiger charge is 2.20. The molecule has 0 atom stereocenters. The molecule has 2 aromatic heterocycles. The van der Waals surface area contributed by atoms with Gasteiger partial charge in [-0.05, 0) is 45.4 Å². The van der Waals surface area contributed by atoms with Gasteiger partial charge < -0.3 is 4.52 Å². The van der Waals surface area contributed by atoms with E-state index in [0.717, 1.165) is 60.8 Å². The van der Waals surface area contributed by atoms with E-state index in [1.54, 1.807) is 0 Å². The second-order valence-corrected chi connectivity index (χ2v) is 7.54. The average Bonchev–Trinajstić information content (AvgIpc) is 3.18. The molecule has 1 N–H and O–H groups in total. The number of hydrogen-bond acceptors (Lipinski definition) is 5. The lowest BCUT2D eigenvalue weighted by molar-refractivity contribution is 0.103. The Morgan fingerprint density at radius 1 is 1.15 bits per heavy atom. The van der Waals surface area contributed by atoms with Crippen LogP contribution in [0.4, 0.5) is 0 Å². The molecular formula is C20H27N5O. The number of fused-ring (bicyclic) bond motifs is 1. The zero-order valence-electron chi connectivity index (χ0n) is 16.0. The van der Waals surface area contributed by atoms with Crippen LogP contribution in [0.5, 0.6) is 0 Å². The summed E-state index contributed by atoms with van der Waals surface area (Å²) in [6.45, 7) is 13.9. The first-order valence-electron chi connectivity index (χ1n) is 9.39. The van der Waals surface area contributed by atoms with Crippen LogP contribution >= 0.6 is 0 Å². The van der Waals surface area contributed by atoms with Gasteiger partial charge >= 0.3 is 0 Å². The number of hydrogen-bond donors (Lipinski definition) is 1. The third kappa shape index (κ3) is 3.15. The summed E-state index contributed by atoms with van der Waals surface area (Å²) in [5, 5.41) is 13.0. The highest BCUT2D eigenvalue weighted by atomic mass is 16.5. The fourth-order valence-electron chi connectivity index (χ4n) is 3.90. The molecule has 0 radical (unpaired) electrons. The normalized spacial score (nSPS) is 16.8. The van der Waals surface area contributed by atoms with Gasteiger partial charge in [0.25, 0.3) is 0 Å². The van der Waals surface area contributed by atoms with E-state index < -0.39 is 0 Å². The van der Waals surface area contributed by atoms with E-state index in [2.05, 4.69) is 57.2 Å². The van der Waals surface area contributed by atoms with E-state index in [9.17, 15) is 0 Å². The second-order valence-electron chi connectivity index (χ2n) is 7.54. The molecule has 1 aromatic carbocycles. The summed E-state index contributed by atoms with van der Waals surface area (Å²) in [5.74, 6) is 0.858. The minimum absolute atomic E-state index is 0.628. The van der Waals surface area contributed by atoms with Crippen molar-refractivity contribution in [2.45, 2.75) is 40.3 Å². The zero-order valence-corrected chi connectivity index (χ0v) is 16.0. The molecule has 1 aliphatic heterocycles. The predicted molar refractivity (Wildman–Crippen MR) is 103 cm³/mol. The van der Waals surface area contributed by atoms with Crippen molar-refractivity contribution >= 4 is 10.9 Å². The van der Waals surface area contributed by atoms with Crippen LogP contribution in [0, 0.1) is 13.8 Å². The minimum atomic E-state index is 0.628. The van der Waals surface area contributed by atoms with Crippen molar-refractivity contribution in [3.05, 3.63) is 35.3 Å². The lowest BCUT2D eigenvalue weighted by atomic mass is 10.0. The van der Waals surface area contributed by atoms with Crippen LogP contribution in [-0.2, 0) is 6.54 Å². The van der Waals surface area contributed by atoms with Crippen LogP contribution in [-0.4, -0.2) is 57.4 Å². The number of benzene rings is 1. The fraction of sp³-hybridized carbons (Fsp3) is 0.500. The van der Waals surface area contributed by atoms with Crippen LogP contribution in [0.15, 0.2) is 22.7 Å². The summed E-state index contributed by atoms with van der Waals surface area (Å²) in [5.41, 5.74) is 5.35. The Labute approximate surface area is 154 Å². The molecule has 138 valence electrons. The smallest absolute Gasteiger partial charge is 0.141 e. The van der Waals surface area contributed by atoms with Crippen molar-refractivity contribution < 1.29 is 4.52 Å². The Morgan fingerprint density at radius 3 is 2.58 bits per heavy atom. The third-order valence-electron chi connectivity index (χ3n) is 5.47. The Hall–Kier alpha value is -2.18. The number of aromatic nitrogens is 3. The molecule has 0 saturated carbocycles. The van der Waals surface area contributed by atoms with Crippen molar-refractivity contribution in [2.24, 2.45) is 0 Å². The van der Waals surface area contributed by atoms with Gasteiger partial charge in [-0.3, -0.25) is 14.9 Å². The summed E-state index contributed by atoms with van der Waals surface area (Å²) in [4.78, 5) is 5.05. The molecule has 4 rings (SSSR count). The van der Waals surface area contributed by atoms with E-state index in [0.29, 0.717) is 6.04 Å². The van der Waals surface area contributed by atoms with E-state index in [1.165, 1.54) is 11.1 Å². The molecule has 3 aromatic rings. The molecular weight excluding hydrogens is 326 g/mol. The third-order valence-corrected chi connectivity index (χ3v) is 5.47. The van der Waals surface area contributed by atoms with Crippen molar-refractivity contribution in [1.29, 1.82) is 0 Å².